The van der Waals surface area contributed by atoms with Crippen LogP contribution in [-0.2, 0) is 16.0 Å². The fraction of sp³-hybridized carbons (Fsp3) is 0.412. The van der Waals surface area contributed by atoms with Gasteiger partial charge in [-0.15, -0.1) is 0 Å². The fourth-order valence-corrected chi connectivity index (χ4v) is 3.57. The number of benzene rings is 1. The fourth-order valence-electron chi connectivity index (χ4n) is 3.57. The summed E-state index contributed by atoms with van der Waals surface area (Å²) in [6.45, 7) is 2.08. The van der Waals surface area contributed by atoms with Crippen molar-refractivity contribution in [2.24, 2.45) is 23.7 Å². The molecule has 4 heteroatoms. The van der Waals surface area contributed by atoms with E-state index in [9.17, 15) is 14.7 Å². The molecule has 1 saturated carbocycles. The van der Waals surface area contributed by atoms with E-state index in [1.807, 2.05) is 36.4 Å². The quantitative estimate of drug-likeness (QED) is 0.836. The minimum atomic E-state index is -0.867. The molecule has 2 N–H and O–H groups in total. The number of rotatable bonds is 4. The average molecular weight is 285 g/mol. The van der Waals surface area contributed by atoms with Crippen molar-refractivity contribution < 1.29 is 14.7 Å². The minimum Gasteiger partial charge on any atom is -0.481 e. The molecule has 1 aromatic carbocycles. The molecule has 4 nitrogen and oxygen atoms in total. The summed E-state index contributed by atoms with van der Waals surface area (Å²) in [7, 11) is 0. The number of aryl methyl sites for hydroxylation is 1. The van der Waals surface area contributed by atoms with Gasteiger partial charge < -0.3 is 10.4 Å². The molecule has 21 heavy (non-hydrogen) atoms. The lowest BCUT2D eigenvalue weighted by Gasteiger charge is -2.23. The van der Waals surface area contributed by atoms with Crippen molar-refractivity contribution in [1.29, 1.82) is 0 Å². The molecule has 2 bridgehead atoms. The van der Waals surface area contributed by atoms with Gasteiger partial charge in [0.1, 0.15) is 0 Å². The number of carboxylic acids is 1. The Morgan fingerprint density at radius 3 is 2.33 bits per heavy atom. The molecule has 1 amide bonds. The van der Waals surface area contributed by atoms with E-state index in [1.165, 1.54) is 5.56 Å². The van der Waals surface area contributed by atoms with Crippen molar-refractivity contribution in [2.75, 3.05) is 5.32 Å². The van der Waals surface area contributed by atoms with Crippen LogP contribution >= 0.6 is 0 Å². The number of hydrogen-bond donors (Lipinski definition) is 2. The number of allylic oxidation sites excluding steroid dienone is 2. The van der Waals surface area contributed by atoms with Crippen LogP contribution in [0.1, 0.15) is 18.9 Å². The molecule has 0 heterocycles. The second-order valence-electron chi connectivity index (χ2n) is 5.88. The third-order valence-corrected chi connectivity index (χ3v) is 4.68. The lowest BCUT2D eigenvalue weighted by molar-refractivity contribution is -0.146. The van der Waals surface area contributed by atoms with E-state index in [2.05, 4.69) is 12.2 Å². The van der Waals surface area contributed by atoms with Crippen molar-refractivity contribution in [2.45, 2.75) is 19.8 Å². The Morgan fingerprint density at radius 1 is 1.14 bits per heavy atom. The van der Waals surface area contributed by atoms with E-state index in [4.69, 9.17) is 0 Å². The monoisotopic (exact) mass is 285 g/mol. The predicted octanol–water partition coefficient (Wildman–Crippen LogP) is 2.71. The highest BCUT2D eigenvalue weighted by atomic mass is 16.4. The standard InChI is InChI=1S/C17H19NO3/c1-2-10-3-7-13(8-4-10)18-16(19)14-11-5-6-12(9-11)15(14)17(20)21/h3-8,11-12,14-15H,2,9H2,1H3,(H,18,19)(H,20,21)/t11-,12-,14+,15+/m0/s1. The molecule has 1 aromatic rings. The molecule has 0 aliphatic heterocycles. The van der Waals surface area contributed by atoms with E-state index in [0.717, 1.165) is 18.5 Å². The van der Waals surface area contributed by atoms with Crippen LogP contribution in [0, 0.1) is 23.7 Å². The molecule has 2 aliphatic rings. The first kappa shape index (κ1) is 13.9. The van der Waals surface area contributed by atoms with Gasteiger partial charge in [0, 0.05) is 5.69 Å². The van der Waals surface area contributed by atoms with Crippen LogP contribution in [0.15, 0.2) is 36.4 Å². The Morgan fingerprint density at radius 2 is 1.76 bits per heavy atom. The zero-order valence-electron chi connectivity index (χ0n) is 12.0. The van der Waals surface area contributed by atoms with Crippen LogP contribution in [0.5, 0.6) is 0 Å². The van der Waals surface area contributed by atoms with Gasteiger partial charge in [0.05, 0.1) is 11.8 Å². The maximum absolute atomic E-state index is 12.5. The largest absolute Gasteiger partial charge is 0.481 e. The number of nitrogens with one attached hydrogen (secondary N) is 1. The van der Waals surface area contributed by atoms with Gasteiger partial charge >= 0.3 is 5.97 Å². The lowest BCUT2D eigenvalue weighted by atomic mass is 9.82. The van der Waals surface area contributed by atoms with Gasteiger partial charge in [-0.1, -0.05) is 31.2 Å². The molecule has 0 spiro atoms. The van der Waals surface area contributed by atoms with Crippen molar-refractivity contribution in [1.82, 2.24) is 0 Å². The van der Waals surface area contributed by atoms with E-state index in [0.29, 0.717) is 0 Å². The van der Waals surface area contributed by atoms with Crippen molar-refractivity contribution in [3.8, 4) is 0 Å². The number of amides is 1. The highest BCUT2D eigenvalue weighted by molar-refractivity contribution is 5.96. The number of carbonyl (C=O) groups is 2. The molecule has 0 saturated heterocycles. The Labute approximate surface area is 123 Å². The molecular weight excluding hydrogens is 266 g/mol. The summed E-state index contributed by atoms with van der Waals surface area (Å²) >= 11 is 0. The van der Waals surface area contributed by atoms with E-state index in [1.54, 1.807) is 0 Å². The zero-order chi connectivity index (χ0) is 15.0. The molecule has 0 unspecified atom stereocenters. The third-order valence-electron chi connectivity index (χ3n) is 4.68. The maximum Gasteiger partial charge on any atom is 0.307 e. The highest BCUT2D eigenvalue weighted by Gasteiger charge is 2.51. The first-order valence-electron chi connectivity index (χ1n) is 7.41. The van der Waals surface area contributed by atoms with Gasteiger partial charge in [0.2, 0.25) is 5.91 Å². The lowest BCUT2D eigenvalue weighted by Crippen LogP contribution is -2.36. The first-order chi connectivity index (χ1) is 10.1. The number of fused-ring (bicyclic) bond motifs is 2. The van der Waals surface area contributed by atoms with Gasteiger partial charge in [-0.05, 0) is 42.4 Å². The number of anilines is 1. The topological polar surface area (TPSA) is 66.4 Å². The summed E-state index contributed by atoms with van der Waals surface area (Å²) in [6.07, 6.45) is 5.67. The molecule has 3 rings (SSSR count). The van der Waals surface area contributed by atoms with Gasteiger partial charge in [-0.3, -0.25) is 9.59 Å². The second-order valence-corrected chi connectivity index (χ2v) is 5.88. The number of carbonyl (C=O) groups excluding carboxylic acids is 1. The maximum atomic E-state index is 12.5. The minimum absolute atomic E-state index is 0.00529. The third kappa shape index (κ3) is 2.46. The van der Waals surface area contributed by atoms with Gasteiger partial charge in [-0.2, -0.15) is 0 Å². The van der Waals surface area contributed by atoms with Crippen molar-refractivity contribution >= 4 is 17.6 Å². The Kier molecular flexibility index (Phi) is 3.53. The predicted molar refractivity (Wildman–Crippen MR) is 79.8 cm³/mol. The van der Waals surface area contributed by atoms with Crippen LogP contribution in [0.25, 0.3) is 0 Å². The van der Waals surface area contributed by atoms with E-state index >= 15 is 0 Å². The smallest absolute Gasteiger partial charge is 0.307 e. The summed E-state index contributed by atoms with van der Waals surface area (Å²) in [5, 5.41) is 12.2. The molecule has 4 atom stereocenters. The van der Waals surface area contributed by atoms with Crippen LogP contribution in [0.2, 0.25) is 0 Å². The van der Waals surface area contributed by atoms with Crippen LogP contribution < -0.4 is 5.32 Å². The zero-order valence-corrected chi connectivity index (χ0v) is 12.0. The summed E-state index contributed by atoms with van der Waals surface area (Å²) in [5.41, 5.74) is 1.94. The summed E-state index contributed by atoms with van der Waals surface area (Å²) < 4.78 is 0. The molecule has 110 valence electrons. The number of carboxylic acid groups (broad SMARTS) is 1. The summed E-state index contributed by atoms with van der Waals surface area (Å²) in [4.78, 5) is 23.9. The molecule has 0 radical (unpaired) electrons. The average Bonchev–Trinajstić information content (AvgIpc) is 3.08. The van der Waals surface area contributed by atoms with Crippen LogP contribution in [-0.4, -0.2) is 17.0 Å². The van der Waals surface area contributed by atoms with E-state index < -0.39 is 17.8 Å². The van der Waals surface area contributed by atoms with Gasteiger partial charge in [0.15, 0.2) is 0 Å². The molecule has 1 fully saturated rings. The summed E-state index contributed by atoms with van der Waals surface area (Å²) in [6, 6.07) is 7.70. The van der Waals surface area contributed by atoms with Gasteiger partial charge in [-0.25, -0.2) is 0 Å². The van der Waals surface area contributed by atoms with Crippen LogP contribution in [0.3, 0.4) is 0 Å². The number of aliphatic carboxylic acids is 1. The van der Waals surface area contributed by atoms with Gasteiger partial charge in [0.25, 0.3) is 0 Å². The SMILES string of the molecule is CCc1ccc(NC(=O)[C@H]2[C@H](C(=O)O)[C@H]3C=C[C@H]2C3)cc1. The van der Waals surface area contributed by atoms with E-state index in [-0.39, 0.29) is 17.7 Å². The van der Waals surface area contributed by atoms with Crippen molar-refractivity contribution in [3.63, 3.8) is 0 Å². The second kappa shape index (κ2) is 5.35. The van der Waals surface area contributed by atoms with Crippen molar-refractivity contribution in [3.05, 3.63) is 42.0 Å². The molecule has 2 aliphatic carbocycles. The summed E-state index contributed by atoms with van der Waals surface area (Å²) in [5.74, 6) is -2.02. The number of hydrogen-bond acceptors (Lipinski definition) is 2. The Hall–Kier alpha value is -2.10. The van der Waals surface area contributed by atoms with Crippen LogP contribution in [0.4, 0.5) is 5.69 Å². The first-order valence-corrected chi connectivity index (χ1v) is 7.41. The Balaban J connectivity index is 1.75. The normalized spacial score (nSPS) is 29.6. The molecular formula is C17H19NO3. The highest BCUT2D eigenvalue weighted by Crippen LogP contribution is 2.48. The molecule has 0 aromatic heterocycles. The Bertz CT molecular complexity index is 591.